The number of rotatable bonds is 26. The number of hydrogen-bond acceptors (Lipinski definition) is 4. The molecule has 0 aliphatic heterocycles. The van der Waals surface area contributed by atoms with Crippen LogP contribution in [0.5, 0.6) is 0 Å². The lowest BCUT2D eigenvalue weighted by molar-refractivity contribution is -0.407. The second kappa shape index (κ2) is 24.5. The third kappa shape index (κ3) is 17.5. The van der Waals surface area contributed by atoms with E-state index in [2.05, 4.69) is 40.7 Å². The molecule has 0 amide bonds. The molecule has 0 radical (unpaired) electrons. The highest BCUT2D eigenvalue weighted by atomic mass is 16.9. The Hall–Kier alpha value is -0.580. The van der Waals surface area contributed by atoms with Gasteiger partial charge < -0.3 is 18.9 Å². The van der Waals surface area contributed by atoms with Crippen molar-refractivity contribution in [2.24, 2.45) is 5.92 Å². The quantitative estimate of drug-likeness (QED) is 0.0717. The molecular weight excluding hydrogens is 412 g/mol. The summed E-state index contributed by atoms with van der Waals surface area (Å²) < 4.78 is 25.3. The van der Waals surface area contributed by atoms with Gasteiger partial charge in [-0.1, -0.05) is 98.5 Å². The predicted octanol–water partition coefficient (Wildman–Crippen LogP) is 9.18. The van der Waals surface area contributed by atoms with Crippen LogP contribution >= 0.6 is 0 Å². The molecule has 1 atom stereocenters. The fraction of sp³-hybridized carbons (Fsp3) is 0.931. The van der Waals surface area contributed by atoms with Crippen LogP contribution in [0.3, 0.4) is 0 Å². The van der Waals surface area contributed by atoms with Crippen molar-refractivity contribution in [2.75, 3.05) is 26.4 Å². The van der Waals surface area contributed by atoms with Crippen LogP contribution in [-0.2, 0) is 18.9 Å². The fourth-order valence-electron chi connectivity index (χ4n) is 3.87. The van der Waals surface area contributed by atoms with E-state index >= 15 is 0 Å². The van der Waals surface area contributed by atoms with Gasteiger partial charge in [0.25, 0.3) is 5.97 Å². The number of allylic oxidation sites excluding steroid dienone is 1. The summed E-state index contributed by atoms with van der Waals surface area (Å²) in [6.07, 6.45) is 22.2. The molecule has 0 fully saturated rings. The first-order valence-corrected chi connectivity index (χ1v) is 14.4. The first-order valence-electron chi connectivity index (χ1n) is 14.4. The molecule has 0 aromatic heterocycles. The smallest absolute Gasteiger partial charge is 0.285 e. The third-order valence-electron chi connectivity index (χ3n) is 6.05. The summed E-state index contributed by atoms with van der Waals surface area (Å²) in [6, 6.07) is 0. The molecule has 0 bridgehead atoms. The Morgan fingerprint density at radius 2 is 1.03 bits per heavy atom. The van der Waals surface area contributed by atoms with Gasteiger partial charge in [0, 0.05) is 5.92 Å². The molecule has 4 nitrogen and oxygen atoms in total. The molecule has 0 heterocycles. The van der Waals surface area contributed by atoms with E-state index in [1.54, 1.807) is 0 Å². The van der Waals surface area contributed by atoms with Crippen LogP contribution in [0.4, 0.5) is 0 Å². The summed E-state index contributed by atoms with van der Waals surface area (Å²) in [5, 5.41) is 0. The molecule has 4 heteroatoms. The fourth-order valence-corrected chi connectivity index (χ4v) is 3.87. The van der Waals surface area contributed by atoms with Crippen LogP contribution in [-0.4, -0.2) is 32.4 Å². The molecule has 0 saturated heterocycles. The number of unbranched alkanes of at least 4 members (excludes halogenated alkanes) is 8. The zero-order valence-electron chi connectivity index (χ0n) is 23.0. The molecule has 33 heavy (non-hydrogen) atoms. The van der Waals surface area contributed by atoms with Gasteiger partial charge in [0.2, 0.25) is 0 Å². The molecule has 1 unspecified atom stereocenters. The van der Waals surface area contributed by atoms with Crippen molar-refractivity contribution in [3.05, 3.63) is 12.3 Å². The van der Waals surface area contributed by atoms with E-state index in [0.29, 0.717) is 19.8 Å². The molecule has 0 rings (SSSR count). The summed E-state index contributed by atoms with van der Waals surface area (Å²) in [5.74, 6) is -0.685. The lowest BCUT2D eigenvalue weighted by Gasteiger charge is -2.40. The molecule has 0 aromatic carbocycles. The molecule has 0 saturated carbocycles. The Kier molecular flexibility index (Phi) is 24.1. The third-order valence-corrected chi connectivity index (χ3v) is 6.05. The van der Waals surface area contributed by atoms with Crippen molar-refractivity contribution >= 4 is 0 Å². The lowest BCUT2D eigenvalue weighted by atomic mass is 9.92. The number of hydrogen-bond donors (Lipinski definition) is 0. The Morgan fingerprint density at radius 3 is 1.55 bits per heavy atom. The van der Waals surface area contributed by atoms with Gasteiger partial charge >= 0.3 is 0 Å². The molecular formula is C29H58O4. The van der Waals surface area contributed by atoms with E-state index in [9.17, 15) is 0 Å². The lowest BCUT2D eigenvalue weighted by Crippen LogP contribution is -2.47. The molecule has 0 aliphatic rings. The standard InChI is InChI=1S/C29H58O4/c1-6-11-16-17-18-19-21-28(22-20-24-30-23-12-7-2)29(31-25-13-8-3,32-26-14-9-4)33-27-15-10-5/h12,23,28H,6-11,13-22,24-27H2,1-5H3. The van der Waals surface area contributed by atoms with Crippen molar-refractivity contribution in [1.29, 1.82) is 0 Å². The van der Waals surface area contributed by atoms with Crippen LogP contribution in [0.2, 0.25) is 0 Å². The van der Waals surface area contributed by atoms with Gasteiger partial charge in [-0.15, -0.1) is 0 Å². The summed E-state index contributed by atoms with van der Waals surface area (Å²) in [4.78, 5) is 0. The second-order valence-corrected chi connectivity index (χ2v) is 9.26. The Bertz CT molecular complexity index is 384. The summed E-state index contributed by atoms with van der Waals surface area (Å²) in [5.41, 5.74) is 0. The molecule has 0 N–H and O–H groups in total. The highest BCUT2D eigenvalue weighted by Gasteiger charge is 2.42. The van der Waals surface area contributed by atoms with Gasteiger partial charge in [-0.3, -0.25) is 0 Å². The van der Waals surface area contributed by atoms with Gasteiger partial charge in [0.05, 0.1) is 32.7 Å². The van der Waals surface area contributed by atoms with Gasteiger partial charge in [0.1, 0.15) is 0 Å². The zero-order chi connectivity index (χ0) is 24.5. The Labute approximate surface area is 207 Å². The van der Waals surface area contributed by atoms with Crippen LogP contribution in [0, 0.1) is 5.92 Å². The van der Waals surface area contributed by atoms with Crippen LogP contribution in [0.25, 0.3) is 0 Å². The van der Waals surface area contributed by atoms with E-state index in [-0.39, 0.29) is 5.92 Å². The molecule has 0 aliphatic carbocycles. The van der Waals surface area contributed by atoms with Gasteiger partial charge in [-0.05, 0) is 44.9 Å². The normalized spacial score (nSPS) is 13.1. The Balaban J connectivity index is 5.34. The highest BCUT2D eigenvalue weighted by Crippen LogP contribution is 2.35. The van der Waals surface area contributed by atoms with E-state index < -0.39 is 5.97 Å². The van der Waals surface area contributed by atoms with E-state index in [1.165, 1.54) is 38.5 Å². The number of ether oxygens (including phenoxy) is 4. The summed E-state index contributed by atoms with van der Waals surface area (Å²) in [6.45, 7) is 13.8. The maximum absolute atomic E-state index is 6.52. The first-order chi connectivity index (χ1) is 16.2. The largest absolute Gasteiger partial charge is 0.502 e. The maximum atomic E-state index is 6.52. The minimum Gasteiger partial charge on any atom is -0.502 e. The Morgan fingerprint density at radius 1 is 0.545 bits per heavy atom. The van der Waals surface area contributed by atoms with Crippen molar-refractivity contribution in [3.8, 4) is 0 Å². The molecule has 198 valence electrons. The zero-order valence-corrected chi connectivity index (χ0v) is 23.0. The predicted molar refractivity (Wildman–Crippen MR) is 141 cm³/mol. The second-order valence-electron chi connectivity index (χ2n) is 9.26. The SMILES string of the molecule is CCC=COCCCC(CCCCCCCC)C(OCCCC)(OCCCC)OCCCC. The monoisotopic (exact) mass is 470 g/mol. The summed E-state index contributed by atoms with van der Waals surface area (Å²) in [7, 11) is 0. The molecule has 0 aromatic rings. The maximum Gasteiger partial charge on any atom is 0.285 e. The van der Waals surface area contributed by atoms with Gasteiger partial charge in [-0.2, -0.15) is 0 Å². The molecule has 0 spiro atoms. The summed E-state index contributed by atoms with van der Waals surface area (Å²) >= 11 is 0. The minimum atomic E-state index is -0.914. The van der Waals surface area contributed by atoms with Crippen molar-refractivity contribution in [2.45, 2.75) is 143 Å². The topological polar surface area (TPSA) is 36.9 Å². The average Bonchev–Trinajstić information content (AvgIpc) is 2.82. The van der Waals surface area contributed by atoms with Crippen molar-refractivity contribution in [3.63, 3.8) is 0 Å². The van der Waals surface area contributed by atoms with Gasteiger partial charge in [0.15, 0.2) is 0 Å². The minimum absolute atomic E-state index is 0.230. The average molecular weight is 471 g/mol. The van der Waals surface area contributed by atoms with Gasteiger partial charge in [-0.25, -0.2) is 0 Å². The van der Waals surface area contributed by atoms with Crippen molar-refractivity contribution < 1.29 is 18.9 Å². The first kappa shape index (κ1) is 32.4. The van der Waals surface area contributed by atoms with E-state index in [4.69, 9.17) is 18.9 Å². The van der Waals surface area contributed by atoms with Crippen LogP contribution in [0.1, 0.15) is 137 Å². The van der Waals surface area contributed by atoms with E-state index in [0.717, 1.165) is 70.8 Å². The highest BCUT2D eigenvalue weighted by molar-refractivity contribution is 4.75. The van der Waals surface area contributed by atoms with Crippen LogP contribution < -0.4 is 0 Å². The van der Waals surface area contributed by atoms with E-state index in [1.807, 2.05) is 6.26 Å². The van der Waals surface area contributed by atoms with Crippen molar-refractivity contribution in [1.82, 2.24) is 0 Å². The van der Waals surface area contributed by atoms with Crippen LogP contribution in [0.15, 0.2) is 12.3 Å².